The van der Waals surface area contributed by atoms with E-state index in [1.807, 2.05) is 0 Å². The molecule has 0 aromatic carbocycles. The Morgan fingerprint density at radius 1 is 1.27 bits per heavy atom. The lowest BCUT2D eigenvalue weighted by atomic mass is 10.2. The summed E-state index contributed by atoms with van der Waals surface area (Å²) in [6, 6.07) is 3.11. The van der Waals surface area contributed by atoms with Gasteiger partial charge in [0.1, 0.15) is 12.2 Å². The standard InChI is InChI=1S/C14H18F3N7O.HI/c1-18-13(21-7-11-22-9-23-24(11)2)20-6-10-3-4-19-12(5-10)25-8-14(15,16)17;/h3-5,9H,6-8H2,1-2H3,(H2,18,20,21);1H. The van der Waals surface area contributed by atoms with E-state index in [0.29, 0.717) is 24.6 Å². The van der Waals surface area contributed by atoms with E-state index in [0.717, 1.165) is 5.82 Å². The van der Waals surface area contributed by atoms with E-state index in [9.17, 15) is 13.2 Å². The van der Waals surface area contributed by atoms with Crippen LogP contribution in [0.25, 0.3) is 0 Å². The van der Waals surface area contributed by atoms with Gasteiger partial charge in [0.05, 0.1) is 6.54 Å². The largest absolute Gasteiger partial charge is 0.468 e. The maximum atomic E-state index is 12.2. The number of halogens is 4. The summed E-state index contributed by atoms with van der Waals surface area (Å²) < 4.78 is 42.8. The third-order valence-electron chi connectivity index (χ3n) is 3.09. The van der Waals surface area contributed by atoms with Gasteiger partial charge < -0.3 is 15.4 Å². The molecule has 0 fully saturated rings. The number of nitrogens with zero attached hydrogens (tertiary/aromatic N) is 5. The highest BCUT2D eigenvalue weighted by atomic mass is 127. The number of rotatable bonds is 6. The highest BCUT2D eigenvalue weighted by Crippen LogP contribution is 2.17. The summed E-state index contributed by atoms with van der Waals surface area (Å²) in [4.78, 5) is 11.9. The van der Waals surface area contributed by atoms with Crippen LogP contribution >= 0.6 is 24.0 Å². The molecule has 0 bridgehead atoms. The van der Waals surface area contributed by atoms with Crippen LogP contribution in [0.1, 0.15) is 11.4 Å². The van der Waals surface area contributed by atoms with Crippen LogP contribution in [0.15, 0.2) is 29.6 Å². The van der Waals surface area contributed by atoms with Crippen molar-refractivity contribution in [3.63, 3.8) is 0 Å². The molecule has 0 saturated heterocycles. The minimum atomic E-state index is -4.40. The molecule has 0 aliphatic rings. The summed E-state index contributed by atoms with van der Waals surface area (Å²) in [7, 11) is 3.38. The molecule has 0 amide bonds. The summed E-state index contributed by atoms with van der Waals surface area (Å²) in [6.45, 7) is -0.617. The number of aryl methyl sites for hydroxylation is 1. The fraction of sp³-hybridized carbons (Fsp3) is 0.429. The van der Waals surface area contributed by atoms with Crippen LogP contribution in [0.4, 0.5) is 13.2 Å². The first-order valence-corrected chi connectivity index (χ1v) is 7.29. The average molecular weight is 485 g/mol. The van der Waals surface area contributed by atoms with Gasteiger partial charge >= 0.3 is 6.18 Å². The molecule has 0 atom stereocenters. The van der Waals surface area contributed by atoms with E-state index in [1.165, 1.54) is 18.6 Å². The van der Waals surface area contributed by atoms with Crippen molar-refractivity contribution in [1.82, 2.24) is 30.4 Å². The number of nitrogens with one attached hydrogen (secondary N) is 2. The highest BCUT2D eigenvalue weighted by molar-refractivity contribution is 14.0. The quantitative estimate of drug-likeness (QED) is 0.368. The van der Waals surface area contributed by atoms with Crippen molar-refractivity contribution in [2.75, 3.05) is 13.7 Å². The van der Waals surface area contributed by atoms with Gasteiger partial charge in [-0.2, -0.15) is 18.3 Å². The number of aromatic nitrogens is 4. The van der Waals surface area contributed by atoms with Gasteiger partial charge in [0.2, 0.25) is 5.88 Å². The van der Waals surface area contributed by atoms with Gasteiger partial charge in [-0.15, -0.1) is 24.0 Å². The van der Waals surface area contributed by atoms with Gasteiger partial charge in [0.25, 0.3) is 0 Å². The Labute approximate surface area is 165 Å². The summed E-state index contributed by atoms with van der Waals surface area (Å²) in [5.41, 5.74) is 0.703. The molecular weight excluding hydrogens is 466 g/mol. The van der Waals surface area contributed by atoms with Crippen LogP contribution in [0.5, 0.6) is 5.88 Å². The van der Waals surface area contributed by atoms with Gasteiger partial charge in [-0.25, -0.2) is 9.97 Å². The lowest BCUT2D eigenvalue weighted by molar-refractivity contribution is -0.154. The number of hydrogen-bond donors (Lipinski definition) is 2. The molecular formula is C14H19F3IN7O. The second kappa shape index (κ2) is 10.1. The molecule has 0 unspecified atom stereocenters. The molecule has 0 aliphatic carbocycles. The normalized spacial score (nSPS) is 11.7. The average Bonchev–Trinajstić information content (AvgIpc) is 2.98. The number of aliphatic imine (C=N–C) groups is 1. The van der Waals surface area contributed by atoms with Gasteiger partial charge in [-0.3, -0.25) is 9.67 Å². The predicted octanol–water partition coefficient (Wildman–Crippen LogP) is 1.63. The number of guanidine groups is 1. The Hall–Kier alpha value is -2.12. The second-order valence-corrected chi connectivity index (χ2v) is 4.99. The third-order valence-corrected chi connectivity index (χ3v) is 3.09. The SMILES string of the molecule is CN=C(NCc1ccnc(OCC(F)(F)F)c1)NCc1ncnn1C.I. The Bertz CT molecular complexity index is 721. The molecule has 0 spiro atoms. The maximum Gasteiger partial charge on any atom is 0.422 e. The second-order valence-electron chi connectivity index (χ2n) is 4.99. The number of ether oxygens (including phenoxy) is 1. The topological polar surface area (TPSA) is 89.2 Å². The van der Waals surface area contributed by atoms with Crippen LogP contribution < -0.4 is 15.4 Å². The first-order valence-electron chi connectivity index (χ1n) is 7.29. The minimum Gasteiger partial charge on any atom is -0.468 e. The molecule has 2 aromatic heterocycles. The van der Waals surface area contributed by atoms with Crippen LogP contribution in [-0.2, 0) is 20.1 Å². The molecule has 12 heteroatoms. The molecule has 2 N–H and O–H groups in total. The number of hydrogen-bond acceptors (Lipinski definition) is 5. The molecule has 0 aliphatic heterocycles. The van der Waals surface area contributed by atoms with E-state index in [2.05, 4.69) is 35.4 Å². The molecule has 144 valence electrons. The van der Waals surface area contributed by atoms with E-state index in [-0.39, 0.29) is 29.9 Å². The van der Waals surface area contributed by atoms with Gasteiger partial charge in [-0.1, -0.05) is 0 Å². The molecule has 2 rings (SSSR count). The van der Waals surface area contributed by atoms with Crippen molar-refractivity contribution >= 4 is 29.9 Å². The predicted molar refractivity (Wildman–Crippen MR) is 99.2 cm³/mol. The Morgan fingerprint density at radius 3 is 2.62 bits per heavy atom. The monoisotopic (exact) mass is 485 g/mol. The van der Waals surface area contributed by atoms with E-state index >= 15 is 0 Å². The van der Waals surface area contributed by atoms with Crippen molar-refractivity contribution < 1.29 is 17.9 Å². The zero-order valence-corrected chi connectivity index (χ0v) is 16.4. The summed E-state index contributed by atoms with van der Waals surface area (Å²) in [5, 5.41) is 10.1. The first-order chi connectivity index (χ1) is 11.9. The van der Waals surface area contributed by atoms with Gasteiger partial charge in [0, 0.05) is 32.9 Å². The lowest BCUT2D eigenvalue weighted by Gasteiger charge is -2.12. The van der Waals surface area contributed by atoms with Crippen molar-refractivity contribution in [2.24, 2.45) is 12.0 Å². The smallest absolute Gasteiger partial charge is 0.422 e. The molecule has 8 nitrogen and oxygen atoms in total. The molecule has 2 heterocycles. The Kier molecular flexibility index (Phi) is 8.54. The van der Waals surface area contributed by atoms with Gasteiger partial charge in [0.15, 0.2) is 12.6 Å². The highest BCUT2D eigenvalue weighted by Gasteiger charge is 2.28. The van der Waals surface area contributed by atoms with Gasteiger partial charge in [-0.05, 0) is 11.6 Å². The van der Waals surface area contributed by atoms with Crippen LogP contribution in [0.2, 0.25) is 0 Å². The van der Waals surface area contributed by atoms with Crippen molar-refractivity contribution in [2.45, 2.75) is 19.3 Å². The molecule has 2 aromatic rings. The van der Waals surface area contributed by atoms with Crippen molar-refractivity contribution in [3.8, 4) is 5.88 Å². The summed E-state index contributed by atoms with van der Waals surface area (Å²) in [5.74, 6) is 1.16. The Balaban J connectivity index is 0.00000338. The van der Waals surface area contributed by atoms with Crippen LogP contribution in [-0.4, -0.2) is 45.5 Å². The van der Waals surface area contributed by atoms with Crippen LogP contribution in [0, 0.1) is 0 Å². The van der Waals surface area contributed by atoms with Crippen molar-refractivity contribution in [1.29, 1.82) is 0 Å². The minimum absolute atomic E-state index is 0. The fourth-order valence-electron chi connectivity index (χ4n) is 1.84. The summed E-state index contributed by atoms with van der Waals surface area (Å²) >= 11 is 0. The zero-order valence-electron chi connectivity index (χ0n) is 14.1. The van der Waals surface area contributed by atoms with Crippen LogP contribution in [0.3, 0.4) is 0 Å². The fourth-order valence-corrected chi connectivity index (χ4v) is 1.84. The third kappa shape index (κ3) is 7.41. The number of pyridine rings is 1. The van der Waals surface area contributed by atoms with E-state index in [1.54, 1.807) is 24.8 Å². The molecule has 0 radical (unpaired) electrons. The first kappa shape index (κ1) is 21.9. The molecule has 0 saturated carbocycles. The Morgan fingerprint density at radius 2 is 2.00 bits per heavy atom. The maximum absolute atomic E-state index is 12.2. The zero-order chi connectivity index (χ0) is 18.3. The summed E-state index contributed by atoms with van der Waals surface area (Å²) in [6.07, 6.45) is -1.56. The lowest BCUT2D eigenvalue weighted by Crippen LogP contribution is -2.37. The van der Waals surface area contributed by atoms with E-state index in [4.69, 9.17) is 0 Å². The number of alkyl halides is 3. The molecule has 26 heavy (non-hydrogen) atoms. The van der Waals surface area contributed by atoms with E-state index < -0.39 is 12.8 Å². The van der Waals surface area contributed by atoms with Crippen molar-refractivity contribution in [3.05, 3.63) is 36.0 Å².